The fraction of sp³-hybridized carbons (Fsp3) is 0.368. The lowest BCUT2D eigenvalue weighted by Gasteiger charge is -2.07. The molecule has 1 aromatic heterocycles. The average Bonchev–Trinajstić information content (AvgIpc) is 2.91. The maximum Gasteiger partial charge on any atom is 0.119 e. The van der Waals surface area contributed by atoms with Crippen LogP contribution in [0.3, 0.4) is 0 Å². The minimum atomic E-state index is 0.730. The van der Waals surface area contributed by atoms with Gasteiger partial charge < -0.3 is 4.74 Å². The van der Waals surface area contributed by atoms with Crippen LogP contribution < -0.4 is 4.74 Å². The van der Waals surface area contributed by atoms with Crippen LogP contribution in [0.4, 0.5) is 0 Å². The van der Waals surface area contributed by atoms with Crippen LogP contribution in [0.5, 0.6) is 5.75 Å². The summed E-state index contributed by atoms with van der Waals surface area (Å²) in [5.41, 5.74) is 5.89. The predicted octanol–water partition coefficient (Wildman–Crippen LogP) is 4.22. The Labute approximate surface area is 137 Å². The number of fused-ring (bicyclic) bond motifs is 1. The molecule has 4 nitrogen and oxygen atoms in total. The van der Waals surface area contributed by atoms with Crippen molar-refractivity contribution in [2.24, 2.45) is 0 Å². The Kier molecular flexibility index (Phi) is 4.60. The second kappa shape index (κ2) is 6.82. The Hall–Kier alpha value is -2.36. The molecule has 0 aliphatic rings. The van der Waals surface area contributed by atoms with Crippen molar-refractivity contribution in [3.63, 3.8) is 0 Å². The van der Waals surface area contributed by atoms with Gasteiger partial charge in [0.05, 0.1) is 12.1 Å². The minimum absolute atomic E-state index is 0.730. The summed E-state index contributed by atoms with van der Waals surface area (Å²) in [6.07, 6.45) is 2.03. The molecule has 1 heterocycles. The van der Waals surface area contributed by atoms with Crippen LogP contribution in [-0.4, -0.2) is 21.6 Å². The monoisotopic (exact) mass is 309 g/mol. The van der Waals surface area contributed by atoms with Gasteiger partial charge in [-0.1, -0.05) is 22.9 Å². The number of nitrogens with zero attached hydrogens (tertiary/aromatic N) is 3. The highest BCUT2D eigenvalue weighted by Gasteiger charge is 2.06. The number of aryl methyl sites for hydroxylation is 4. The molecule has 0 radical (unpaired) electrons. The van der Waals surface area contributed by atoms with Gasteiger partial charge in [0.25, 0.3) is 0 Å². The number of hydrogen-bond donors (Lipinski definition) is 0. The van der Waals surface area contributed by atoms with Crippen molar-refractivity contribution in [1.29, 1.82) is 0 Å². The third-order valence-electron chi connectivity index (χ3n) is 4.18. The van der Waals surface area contributed by atoms with Crippen molar-refractivity contribution < 1.29 is 4.74 Å². The Morgan fingerprint density at radius 3 is 2.48 bits per heavy atom. The van der Waals surface area contributed by atoms with Gasteiger partial charge in [-0.2, -0.15) is 0 Å². The Balaban J connectivity index is 1.51. The SMILES string of the molecule is Cc1ccc(OCCCCn2nnc3cc(C)c(C)cc32)cc1. The fourth-order valence-corrected chi connectivity index (χ4v) is 2.58. The first-order valence-corrected chi connectivity index (χ1v) is 8.13. The van der Waals surface area contributed by atoms with Crippen LogP contribution in [0, 0.1) is 20.8 Å². The molecule has 120 valence electrons. The van der Waals surface area contributed by atoms with Gasteiger partial charge in [0, 0.05) is 6.54 Å². The van der Waals surface area contributed by atoms with Crippen molar-refractivity contribution in [3.8, 4) is 5.75 Å². The molecule has 0 bridgehead atoms. The molecule has 0 N–H and O–H groups in total. The van der Waals surface area contributed by atoms with Gasteiger partial charge in [0.1, 0.15) is 11.3 Å². The topological polar surface area (TPSA) is 39.9 Å². The second-order valence-corrected chi connectivity index (χ2v) is 6.11. The van der Waals surface area contributed by atoms with Gasteiger partial charge in [-0.3, -0.25) is 0 Å². The maximum atomic E-state index is 5.76. The molecular weight excluding hydrogens is 286 g/mol. The van der Waals surface area contributed by atoms with Crippen LogP contribution in [0.1, 0.15) is 29.5 Å². The summed E-state index contributed by atoms with van der Waals surface area (Å²) >= 11 is 0. The molecule has 0 unspecified atom stereocenters. The Bertz CT molecular complexity index is 790. The molecule has 3 aromatic rings. The molecule has 0 saturated heterocycles. The lowest BCUT2D eigenvalue weighted by Crippen LogP contribution is -2.04. The normalized spacial score (nSPS) is 11.1. The highest BCUT2D eigenvalue weighted by Crippen LogP contribution is 2.17. The second-order valence-electron chi connectivity index (χ2n) is 6.11. The van der Waals surface area contributed by atoms with Gasteiger partial charge in [0.15, 0.2) is 0 Å². The van der Waals surface area contributed by atoms with E-state index in [0.29, 0.717) is 0 Å². The summed E-state index contributed by atoms with van der Waals surface area (Å²) in [6.45, 7) is 7.91. The van der Waals surface area contributed by atoms with Crippen molar-refractivity contribution >= 4 is 11.0 Å². The average molecular weight is 309 g/mol. The summed E-state index contributed by atoms with van der Waals surface area (Å²) in [4.78, 5) is 0. The molecule has 3 rings (SSSR count). The summed E-state index contributed by atoms with van der Waals surface area (Å²) in [6, 6.07) is 12.5. The summed E-state index contributed by atoms with van der Waals surface area (Å²) in [7, 11) is 0. The van der Waals surface area contributed by atoms with E-state index in [1.807, 2.05) is 16.8 Å². The quantitative estimate of drug-likeness (QED) is 0.640. The van der Waals surface area contributed by atoms with Crippen molar-refractivity contribution in [3.05, 3.63) is 53.1 Å². The molecule has 0 aliphatic heterocycles. The van der Waals surface area contributed by atoms with E-state index in [1.165, 1.54) is 16.7 Å². The van der Waals surface area contributed by atoms with E-state index in [-0.39, 0.29) is 0 Å². The zero-order valence-electron chi connectivity index (χ0n) is 14.0. The third-order valence-corrected chi connectivity index (χ3v) is 4.18. The highest BCUT2D eigenvalue weighted by atomic mass is 16.5. The highest BCUT2D eigenvalue weighted by molar-refractivity contribution is 5.76. The molecule has 0 fully saturated rings. The van der Waals surface area contributed by atoms with Crippen LogP contribution in [-0.2, 0) is 6.54 Å². The molecule has 23 heavy (non-hydrogen) atoms. The third kappa shape index (κ3) is 3.70. The van der Waals surface area contributed by atoms with Crippen LogP contribution in [0.25, 0.3) is 11.0 Å². The van der Waals surface area contributed by atoms with Crippen molar-refractivity contribution in [2.75, 3.05) is 6.61 Å². The lowest BCUT2D eigenvalue weighted by molar-refractivity contribution is 0.302. The standard InChI is InChI=1S/C19H23N3O/c1-14-6-8-17(9-7-14)23-11-5-4-10-22-19-13-16(3)15(2)12-18(19)20-21-22/h6-9,12-13H,4-5,10-11H2,1-3H3. The zero-order chi connectivity index (χ0) is 16.2. The number of rotatable bonds is 6. The van der Waals surface area contributed by atoms with E-state index in [2.05, 4.69) is 55.3 Å². The zero-order valence-corrected chi connectivity index (χ0v) is 14.0. The van der Waals surface area contributed by atoms with E-state index >= 15 is 0 Å². The molecule has 0 atom stereocenters. The Morgan fingerprint density at radius 2 is 1.70 bits per heavy atom. The predicted molar refractivity (Wildman–Crippen MR) is 92.9 cm³/mol. The van der Waals surface area contributed by atoms with Crippen molar-refractivity contribution in [2.45, 2.75) is 40.2 Å². The number of aromatic nitrogens is 3. The van der Waals surface area contributed by atoms with Crippen LogP contribution in [0.2, 0.25) is 0 Å². The molecule has 0 amide bonds. The smallest absolute Gasteiger partial charge is 0.119 e. The number of hydrogen-bond acceptors (Lipinski definition) is 3. The van der Waals surface area contributed by atoms with Crippen LogP contribution >= 0.6 is 0 Å². The molecular formula is C19H23N3O. The number of unbranched alkanes of at least 4 members (excludes halogenated alkanes) is 1. The molecule has 0 aliphatic carbocycles. The first-order valence-electron chi connectivity index (χ1n) is 8.13. The summed E-state index contributed by atoms with van der Waals surface area (Å²) in [5.74, 6) is 0.938. The molecule has 2 aromatic carbocycles. The van der Waals surface area contributed by atoms with Crippen molar-refractivity contribution in [1.82, 2.24) is 15.0 Å². The first-order chi connectivity index (χ1) is 11.1. The molecule has 0 spiro atoms. The van der Waals surface area contributed by atoms with E-state index in [9.17, 15) is 0 Å². The Morgan fingerprint density at radius 1 is 0.957 bits per heavy atom. The van der Waals surface area contributed by atoms with E-state index < -0.39 is 0 Å². The molecule has 0 saturated carbocycles. The molecule has 4 heteroatoms. The number of benzene rings is 2. The van der Waals surface area contributed by atoms with Crippen LogP contribution in [0.15, 0.2) is 36.4 Å². The van der Waals surface area contributed by atoms with Gasteiger partial charge in [-0.25, -0.2) is 4.68 Å². The fourth-order valence-electron chi connectivity index (χ4n) is 2.58. The largest absolute Gasteiger partial charge is 0.494 e. The lowest BCUT2D eigenvalue weighted by atomic mass is 10.1. The van der Waals surface area contributed by atoms with Gasteiger partial charge >= 0.3 is 0 Å². The summed E-state index contributed by atoms with van der Waals surface area (Å²) in [5, 5.41) is 8.53. The number of ether oxygens (including phenoxy) is 1. The van der Waals surface area contributed by atoms with E-state index in [1.54, 1.807) is 0 Å². The van der Waals surface area contributed by atoms with Gasteiger partial charge in [-0.15, -0.1) is 5.10 Å². The van der Waals surface area contributed by atoms with E-state index in [4.69, 9.17) is 4.74 Å². The van der Waals surface area contributed by atoms with Gasteiger partial charge in [-0.05, 0) is 69.0 Å². The first kappa shape index (κ1) is 15.5. The minimum Gasteiger partial charge on any atom is -0.494 e. The maximum absolute atomic E-state index is 5.76. The van der Waals surface area contributed by atoms with E-state index in [0.717, 1.165) is 42.8 Å². The van der Waals surface area contributed by atoms with Gasteiger partial charge in [0.2, 0.25) is 0 Å². The summed E-state index contributed by atoms with van der Waals surface area (Å²) < 4.78 is 7.75.